The lowest BCUT2D eigenvalue weighted by atomic mass is 9.80. The molecule has 7 aromatic carbocycles. The number of benzene rings is 7. The number of para-hydroxylation sites is 1. The van der Waals surface area contributed by atoms with E-state index < -0.39 is 0 Å². The minimum absolute atomic E-state index is 0.00305. The molecule has 0 amide bonds. The summed E-state index contributed by atoms with van der Waals surface area (Å²) in [5, 5.41) is 2.36. The SMILES string of the molecule is CC(C)(C)c1cc(-c2ccccc2)cc(-c2cc(C(C)(C)C)ccc2CCCN2CN(c3cccc(Oc4ccc5c6ccccc6n(-c6cc(C(C)(C)C)ccn6)c5c4)c3)c3cc(C(C)(C)C)ccc32)c1. The second-order valence-electron chi connectivity index (χ2n) is 24.2. The number of hydrogen-bond acceptors (Lipinski definition) is 4. The molecule has 5 heteroatoms. The summed E-state index contributed by atoms with van der Waals surface area (Å²) in [5.41, 5.74) is 17.6. The summed E-state index contributed by atoms with van der Waals surface area (Å²) in [5.74, 6) is 2.49. The first-order valence-electron chi connectivity index (χ1n) is 26.0. The summed E-state index contributed by atoms with van der Waals surface area (Å²) in [6.45, 7) is 29.3. The molecule has 9 aromatic rings. The first-order chi connectivity index (χ1) is 34.2. The molecule has 0 N–H and O–H groups in total. The van der Waals surface area contributed by atoms with Gasteiger partial charge in [-0.15, -0.1) is 0 Å². The van der Waals surface area contributed by atoms with Gasteiger partial charge in [-0.3, -0.25) is 4.57 Å². The third kappa shape index (κ3) is 9.79. The zero-order chi connectivity index (χ0) is 50.7. The Morgan fingerprint density at radius 3 is 1.88 bits per heavy atom. The van der Waals surface area contributed by atoms with Crippen LogP contribution in [-0.4, -0.2) is 22.8 Å². The minimum atomic E-state index is -0.00628. The van der Waals surface area contributed by atoms with Gasteiger partial charge < -0.3 is 14.5 Å². The Morgan fingerprint density at radius 2 is 1.12 bits per heavy atom. The second kappa shape index (κ2) is 18.5. The highest BCUT2D eigenvalue weighted by Gasteiger charge is 2.30. The Labute approximate surface area is 429 Å². The molecule has 3 heterocycles. The maximum Gasteiger partial charge on any atom is 0.137 e. The van der Waals surface area contributed by atoms with Crippen LogP contribution in [0.4, 0.5) is 17.1 Å². The van der Waals surface area contributed by atoms with E-state index in [4.69, 9.17) is 9.72 Å². The van der Waals surface area contributed by atoms with Crippen molar-refractivity contribution < 1.29 is 4.74 Å². The molecule has 0 unspecified atom stereocenters. The lowest BCUT2D eigenvalue weighted by Gasteiger charge is -2.25. The molecule has 366 valence electrons. The lowest BCUT2D eigenvalue weighted by Crippen LogP contribution is -2.29. The largest absolute Gasteiger partial charge is 0.457 e. The van der Waals surface area contributed by atoms with E-state index in [2.05, 4.69) is 261 Å². The van der Waals surface area contributed by atoms with Crippen molar-refractivity contribution in [2.45, 2.75) is 118 Å². The third-order valence-electron chi connectivity index (χ3n) is 14.7. The predicted octanol–water partition coefficient (Wildman–Crippen LogP) is 18.0. The quantitative estimate of drug-likeness (QED) is 0.137. The van der Waals surface area contributed by atoms with Crippen molar-refractivity contribution in [3.63, 3.8) is 0 Å². The van der Waals surface area contributed by atoms with Crippen LogP contribution in [0.3, 0.4) is 0 Å². The van der Waals surface area contributed by atoms with Crippen molar-refractivity contribution in [1.29, 1.82) is 0 Å². The zero-order valence-electron chi connectivity index (χ0n) is 44.7. The van der Waals surface area contributed by atoms with Crippen LogP contribution in [0.1, 0.15) is 117 Å². The Morgan fingerprint density at radius 1 is 0.472 bits per heavy atom. The van der Waals surface area contributed by atoms with E-state index in [-0.39, 0.29) is 21.7 Å². The molecule has 0 spiro atoms. The van der Waals surface area contributed by atoms with E-state index in [0.29, 0.717) is 0 Å². The monoisotopic (exact) mass is 949 g/mol. The Kier molecular flexibility index (Phi) is 12.5. The topological polar surface area (TPSA) is 33.5 Å². The molecule has 10 rings (SSSR count). The maximum absolute atomic E-state index is 6.82. The number of anilines is 3. The first kappa shape index (κ1) is 48.5. The summed E-state index contributed by atoms with van der Waals surface area (Å²) >= 11 is 0. The number of aromatic nitrogens is 2. The molecule has 0 bridgehead atoms. The number of pyridine rings is 1. The highest BCUT2D eigenvalue weighted by Crippen LogP contribution is 2.45. The molecule has 0 radical (unpaired) electrons. The van der Waals surface area contributed by atoms with Gasteiger partial charge >= 0.3 is 0 Å². The number of nitrogens with zero attached hydrogens (tertiary/aromatic N) is 4. The van der Waals surface area contributed by atoms with Crippen molar-refractivity contribution in [3.8, 4) is 39.6 Å². The van der Waals surface area contributed by atoms with Gasteiger partial charge in [-0.1, -0.05) is 174 Å². The highest BCUT2D eigenvalue weighted by molar-refractivity contribution is 6.09. The van der Waals surface area contributed by atoms with Crippen LogP contribution >= 0.6 is 0 Å². The smallest absolute Gasteiger partial charge is 0.137 e. The third-order valence-corrected chi connectivity index (χ3v) is 14.7. The van der Waals surface area contributed by atoms with Crippen LogP contribution < -0.4 is 14.5 Å². The molecule has 0 atom stereocenters. The molecule has 0 aliphatic carbocycles. The summed E-state index contributed by atoms with van der Waals surface area (Å²) in [6.07, 6.45) is 3.91. The fourth-order valence-corrected chi connectivity index (χ4v) is 10.3. The van der Waals surface area contributed by atoms with E-state index in [0.717, 1.165) is 60.1 Å². The van der Waals surface area contributed by atoms with Crippen molar-refractivity contribution >= 4 is 38.9 Å². The summed E-state index contributed by atoms with van der Waals surface area (Å²) in [7, 11) is 0. The van der Waals surface area contributed by atoms with Crippen LogP contribution in [0.5, 0.6) is 11.5 Å². The van der Waals surface area contributed by atoms with E-state index in [1.54, 1.807) is 0 Å². The Bertz CT molecular complexity index is 3440. The summed E-state index contributed by atoms with van der Waals surface area (Å²) in [6, 6.07) is 60.4. The van der Waals surface area contributed by atoms with Crippen molar-refractivity contribution in [3.05, 3.63) is 198 Å². The molecule has 0 fully saturated rings. The highest BCUT2D eigenvalue weighted by atomic mass is 16.5. The number of ether oxygens (including phenoxy) is 1. The average molecular weight is 949 g/mol. The standard InChI is InChI=1S/C67H72N4O/c1-64(2,3)49-28-27-46(58(39-49)48-36-47(45-20-14-13-15-21-45)37-52(38-48)67(10,11)12)22-19-35-69-44-70(62-40-50(65(4,5)6)29-32-60(62)69)53-23-18-24-54(42-53)72-55-30-31-57-56-25-16-17-26-59(56)71(61(57)43-55)63-41-51(33-34-68-63)66(7,8)9/h13-18,20-21,23-34,36-43H,19,22,35,44H2,1-12H3. The van der Waals surface area contributed by atoms with Crippen molar-refractivity contribution in [2.75, 3.05) is 23.0 Å². The molecule has 1 aliphatic rings. The zero-order valence-corrected chi connectivity index (χ0v) is 44.7. The van der Waals surface area contributed by atoms with Gasteiger partial charge in [-0.05, 0) is 145 Å². The van der Waals surface area contributed by atoms with Gasteiger partial charge in [0, 0.05) is 41.3 Å². The molecule has 1 aliphatic heterocycles. The van der Waals surface area contributed by atoms with Crippen LogP contribution in [0.25, 0.3) is 49.9 Å². The van der Waals surface area contributed by atoms with Gasteiger partial charge in [0.2, 0.25) is 0 Å². The van der Waals surface area contributed by atoms with Gasteiger partial charge in [0.1, 0.15) is 17.3 Å². The molecule has 0 saturated carbocycles. The van der Waals surface area contributed by atoms with Crippen LogP contribution in [0.15, 0.2) is 170 Å². The van der Waals surface area contributed by atoms with Crippen molar-refractivity contribution in [2.24, 2.45) is 0 Å². The normalized spacial score (nSPS) is 13.3. The minimum Gasteiger partial charge on any atom is -0.457 e. The van der Waals surface area contributed by atoms with E-state index >= 15 is 0 Å². The number of fused-ring (bicyclic) bond motifs is 4. The molecule has 5 nitrogen and oxygen atoms in total. The fraction of sp³-hybridized carbons (Fsp3) is 0.299. The van der Waals surface area contributed by atoms with E-state index in [1.807, 2.05) is 6.20 Å². The summed E-state index contributed by atoms with van der Waals surface area (Å²) < 4.78 is 9.10. The predicted molar refractivity (Wildman–Crippen MR) is 306 cm³/mol. The Hall–Kier alpha value is -7.11. The van der Waals surface area contributed by atoms with E-state index in [1.165, 1.54) is 72.2 Å². The average Bonchev–Trinajstić information content (AvgIpc) is 3.88. The van der Waals surface area contributed by atoms with Crippen LogP contribution in [0.2, 0.25) is 0 Å². The molecule has 72 heavy (non-hydrogen) atoms. The van der Waals surface area contributed by atoms with E-state index in [9.17, 15) is 0 Å². The van der Waals surface area contributed by atoms with Crippen LogP contribution in [0, 0.1) is 0 Å². The molecular weight excluding hydrogens is 877 g/mol. The fourth-order valence-electron chi connectivity index (χ4n) is 10.3. The Balaban J connectivity index is 0.950. The second-order valence-corrected chi connectivity index (χ2v) is 24.2. The van der Waals surface area contributed by atoms with Crippen LogP contribution in [-0.2, 0) is 28.1 Å². The molecule has 0 saturated heterocycles. The first-order valence-corrected chi connectivity index (χ1v) is 26.0. The lowest BCUT2D eigenvalue weighted by molar-refractivity contribution is 0.483. The van der Waals surface area contributed by atoms with Gasteiger partial charge in [0.15, 0.2) is 0 Å². The maximum atomic E-state index is 6.82. The molecule has 2 aromatic heterocycles. The molecular formula is C67H72N4O. The van der Waals surface area contributed by atoms with Gasteiger partial charge in [-0.2, -0.15) is 0 Å². The number of rotatable bonds is 10. The van der Waals surface area contributed by atoms with Gasteiger partial charge in [-0.25, -0.2) is 4.98 Å². The number of aryl methyl sites for hydroxylation is 1. The van der Waals surface area contributed by atoms with Gasteiger partial charge in [0.05, 0.1) is 29.1 Å². The number of hydrogen-bond donors (Lipinski definition) is 0. The van der Waals surface area contributed by atoms with Gasteiger partial charge in [0.25, 0.3) is 0 Å². The summed E-state index contributed by atoms with van der Waals surface area (Å²) in [4.78, 5) is 9.95. The van der Waals surface area contributed by atoms with Crippen molar-refractivity contribution in [1.82, 2.24) is 9.55 Å².